The quantitative estimate of drug-likeness (QED) is 0.667. The van der Waals surface area contributed by atoms with Crippen LogP contribution in [0.1, 0.15) is 11.1 Å². The van der Waals surface area contributed by atoms with Gasteiger partial charge in [0, 0.05) is 17.5 Å². The molecule has 1 heterocycles. The fraction of sp³-hybridized carbons (Fsp3) is 0.0909. The second-order valence-electron chi connectivity index (χ2n) is 2.96. The Balaban J connectivity index is 2.78. The van der Waals surface area contributed by atoms with Gasteiger partial charge in [-0.25, -0.2) is 0 Å². The van der Waals surface area contributed by atoms with Crippen molar-refractivity contribution in [2.75, 3.05) is 0 Å². The minimum absolute atomic E-state index is 0.454. The van der Waals surface area contributed by atoms with Gasteiger partial charge >= 0.3 is 0 Å². The lowest BCUT2D eigenvalue weighted by molar-refractivity contribution is 1.36. The van der Waals surface area contributed by atoms with Crippen LogP contribution in [0.4, 0.5) is 0 Å². The molecule has 14 heavy (non-hydrogen) atoms. The first kappa shape index (κ1) is 8.98. The Labute approximate surface area is 86.8 Å². The van der Waals surface area contributed by atoms with E-state index in [0.717, 1.165) is 16.5 Å². The number of benzene rings is 1. The van der Waals surface area contributed by atoms with Gasteiger partial charge in [-0.1, -0.05) is 6.07 Å². The average Bonchev–Trinajstić information content (AvgIpc) is 2.27. The number of nitriles is 1. The molecule has 0 spiro atoms. The molecule has 0 fully saturated rings. The normalized spacial score (nSPS) is 10.0. The predicted molar refractivity (Wildman–Crippen MR) is 56.0 cm³/mol. The molecule has 0 atom stereocenters. The van der Waals surface area contributed by atoms with E-state index in [-0.39, 0.29) is 0 Å². The smallest absolute Gasteiger partial charge is 0.0999 e. The van der Waals surface area contributed by atoms with E-state index in [9.17, 15) is 0 Å². The number of halogens is 1. The number of hydrogen-bond donors (Lipinski definition) is 0. The number of rotatable bonds is 1. The van der Waals surface area contributed by atoms with Crippen molar-refractivity contribution in [1.82, 2.24) is 4.98 Å². The zero-order valence-electron chi connectivity index (χ0n) is 7.37. The maximum absolute atomic E-state index is 8.89. The van der Waals surface area contributed by atoms with Crippen LogP contribution in [0.25, 0.3) is 10.9 Å². The van der Waals surface area contributed by atoms with E-state index in [4.69, 9.17) is 16.9 Å². The molecule has 1 aromatic heterocycles. The van der Waals surface area contributed by atoms with Crippen LogP contribution in [0.5, 0.6) is 0 Å². The number of hydrogen-bond acceptors (Lipinski definition) is 2. The molecule has 0 N–H and O–H groups in total. The van der Waals surface area contributed by atoms with Gasteiger partial charge in [-0.2, -0.15) is 5.26 Å². The molecule has 1 aromatic carbocycles. The molecule has 0 saturated heterocycles. The van der Waals surface area contributed by atoms with E-state index in [2.05, 4.69) is 11.1 Å². The molecular weight excluding hydrogens is 196 g/mol. The zero-order chi connectivity index (χ0) is 9.97. The van der Waals surface area contributed by atoms with Gasteiger partial charge in [0.15, 0.2) is 0 Å². The van der Waals surface area contributed by atoms with Gasteiger partial charge in [0.05, 0.1) is 17.1 Å². The Morgan fingerprint density at radius 2 is 2.21 bits per heavy atom. The van der Waals surface area contributed by atoms with Crippen molar-refractivity contribution < 1.29 is 0 Å². The van der Waals surface area contributed by atoms with Crippen LogP contribution in [0.2, 0.25) is 0 Å². The molecule has 0 aliphatic heterocycles. The summed E-state index contributed by atoms with van der Waals surface area (Å²) in [4.78, 5) is 4.17. The predicted octanol–water partition coefficient (Wildman–Crippen LogP) is 2.85. The van der Waals surface area contributed by atoms with E-state index in [1.54, 1.807) is 12.3 Å². The van der Waals surface area contributed by atoms with Crippen LogP contribution in [0.3, 0.4) is 0 Å². The van der Waals surface area contributed by atoms with Gasteiger partial charge in [0.1, 0.15) is 0 Å². The number of nitrogens with zero attached hydrogens (tertiary/aromatic N) is 2. The molecule has 3 heteroatoms. The van der Waals surface area contributed by atoms with Crippen molar-refractivity contribution in [3.8, 4) is 6.07 Å². The van der Waals surface area contributed by atoms with Gasteiger partial charge < -0.3 is 0 Å². The first-order valence-electron chi connectivity index (χ1n) is 4.19. The van der Waals surface area contributed by atoms with Crippen molar-refractivity contribution in [3.63, 3.8) is 0 Å². The molecule has 0 bridgehead atoms. The largest absolute Gasteiger partial charge is 0.256 e. The minimum atomic E-state index is 0.454. The number of fused-ring (bicyclic) bond motifs is 1. The molecule has 0 radical (unpaired) electrons. The summed E-state index contributed by atoms with van der Waals surface area (Å²) in [5.74, 6) is 0.454. The van der Waals surface area contributed by atoms with Crippen LogP contribution in [-0.4, -0.2) is 4.98 Å². The summed E-state index contributed by atoms with van der Waals surface area (Å²) in [6, 6.07) is 9.56. The highest BCUT2D eigenvalue weighted by Crippen LogP contribution is 2.18. The number of pyridine rings is 1. The summed E-state index contributed by atoms with van der Waals surface area (Å²) in [5.41, 5.74) is 2.48. The number of aromatic nitrogens is 1. The monoisotopic (exact) mass is 202 g/mol. The van der Waals surface area contributed by atoms with Gasteiger partial charge in [0.25, 0.3) is 0 Å². The Bertz CT molecular complexity index is 514. The maximum Gasteiger partial charge on any atom is 0.0999 e. The van der Waals surface area contributed by atoms with Crippen LogP contribution >= 0.6 is 11.6 Å². The van der Waals surface area contributed by atoms with Crippen LogP contribution in [-0.2, 0) is 5.88 Å². The topological polar surface area (TPSA) is 36.7 Å². The lowest BCUT2D eigenvalue weighted by atomic mass is 10.1. The highest BCUT2D eigenvalue weighted by molar-refractivity contribution is 6.17. The van der Waals surface area contributed by atoms with Crippen molar-refractivity contribution in [2.24, 2.45) is 0 Å². The van der Waals surface area contributed by atoms with E-state index < -0.39 is 0 Å². The molecule has 0 aliphatic rings. The second-order valence-corrected chi connectivity index (χ2v) is 3.22. The van der Waals surface area contributed by atoms with Crippen molar-refractivity contribution >= 4 is 22.5 Å². The Morgan fingerprint density at radius 1 is 1.36 bits per heavy atom. The van der Waals surface area contributed by atoms with Crippen LogP contribution < -0.4 is 0 Å². The third-order valence-electron chi connectivity index (χ3n) is 2.08. The van der Waals surface area contributed by atoms with Crippen molar-refractivity contribution in [3.05, 3.63) is 41.6 Å². The number of alkyl halides is 1. The second kappa shape index (κ2) is 3.65. The fourth-order valence-corrected chi connectivity index (χ4v) is 1.54. The lowest BCUT2D eigenvalue weighted by Gasteiger charge is -2.00. The van der Waals surface area contributed by atoms with Gasteiger partial charge in [-0.3, -0.25) is 4.98 Å². The highest BCUT2D eigenvalue weighted by Gasteiger charge is 2.01. The van der Waals surface area contributed by atoms with Gasteiger partial charge in [0.2, 0.25) is 0 Å². The van der Waals surface area contributed by atoms with Crippen molar-refractivity contribution in [2.45, 2.75) is 5.88 Å². The molecule has 2 rings (SSSR count). The first-order chi connectivity index (χ1) is 6.85. The highest BCUT2D eigenvalue weighted by atomic mass is 35.5. The molecule has 0 aliphatic carbocycles. The molecular formula is C11H7ClN2. The van der Waals surface area contributed by atoms with Crippen LogP contribution in [0.15, 0.2) is 30.5 Å². The summed E-state index contributed by atoms with van der Waals surface area (Å²) >= 11 is 5.72. The Kier molecular flexibility index (Phi) is 2.34. The third kappa shape index (κ3) is 1.43. The molecule has 0 amide bonds. The average molecular weight is 203 g/mol. The van der Waals surface area contributed by atoms with E-state index >= 15 is 0 Å². The van der Waals surface area contributed by atoms with E-state index in [0.29, 0.717) is 11.4 Å². The van der Waals surface area contributed by atoms with Crippen molar-refractivity contribution in [1.29, 1.82) is 5.26 Å². The van der Waals surface area contributed by atoms with E-state index in [1.807, 2.05) is 18.2 Å². The molecule has 68 valence electrons. The summed E-state index contributed by atoms with van der Waals surface area (Å²) in [6.07, 6.45) is 1.64. The van der Waals surface area contributed by atoms with Gasteiger partial charge in [-0.15, -0.1) is 11.6 Å². The molecule has 2 aromatic rings. The fourth-order valence-electron chi connectivity index (χ4n) is 1.37. The standard InChI is InChI=1S/C11H7ClN2/c12-6-8-1-2-11-10(5-8)9(7-13)3-4-14-11/h1-5H,6H2. The zero-order valence-corrected chi connectivity index (χ0v) is 8.12. The first-order valence-corrected chi connectivity index (χ1v) is 4.72. The summed E-state index contributed by atoms with van der Waals surface area (Å²) in [6.45, 7) is 0. The molecule has 2 nitrogen and oxygen atoms in total. The minimum Gasteiger partial charge on any atom is -0.256 e. The summed E-state index contributed by atoms with van der Waals surface area (Å²) in [7, 11) is 0. The van der Waals surface area contributed by atoms with Gasteiger partial charge in [-0.05, 0) is 23.8 Å². The Hall–Kier alpha value is -1.59. The van der Waals surface area contributed by atoms with E-state index in [1.165, 1.54) is 0 Å². The molecule has 0 unspecified atom stereocenters. The Morgan fingerprint density at radius 3 is 2.93 bits per heavy atom. The summed E-state index contributed by atoms with van der Waals surface area (Å²) < 4.78 is 0. The third-order valence-corrected chi connectivity index (χ3v) is 2.39. The SMILES string of the molecule is N#Cc1ccnc2ccc(CCl)cc12. The summed E-state index contributed by atoms with van der Waals surface area (Å²) in [5, 5.41) is 9.76. The molecule has 0 saturated carbocycles. The lowest BCUT2D eigenvalue weighted by Crippen LogP contribution is -1.85. The maximum atomic E-state index is 8.89. The van der Waals surface area contributed by atoms with Crippen LogP contribution in [0, 0.1) is 11.3 Å².